The molecule has 1 aliphatic heterocycles. The predicted octanol–water partition coefficient (Wildman–Crippen LogP) is 6.96. The quantitative estimate of drug-likeness (QED) is 0.330. The summed E-state index contributed by atoms with van der Waals surface area (Å²) in [6.07, 6.45) is 4.36. The number of benzene rings is 3. The van der Waals surface area contributed by atoms with Gasteiger partial charge in [-0.2, -0.15) is 0 Å². The highest BCUT2D eigenvalue weighted by Gasteiger charge is 2.21. The van der Waals surface area contributed by atoms with Crippen molar-refractivity contribution in [2.45, 2.75) is 32.7 Å². The van der Waals surface area contributed by atoms with Gasteiger partial charge in [-0.1, -0.05) is 50.2 Å². The number of hydrogen-bond acceptors (Lipinski definition) is 4. The molecule has 1 N–H and O–H groups in total. The molecule has 4 nitrogen and oxygen atoms in total. The number of aromatic nitrogens is 1. The van der Waals surface area contributed by atoms with Crippen LogP contribution in [0.2, 0.25) is 0 Å². The van der Waals surface area contributed by atoms with Crippen molar-refractivity contribution in [2.75, 3.05) is 36.4 Å². The lowest BCUT2D eigenvalue weighted by Crippen LogP contribution is -2.50. The minimum atomic E-state index is 0.728. The fourth-order valence-corrected chi connectivity index (χ4v) is 5.13. The number of nitrogens with one attached hydrogen (secondary N) is 1. The third-order valence-corrected chi connectivity index (χ3v) is 7.13. The van der Waals surface area contributed by atoms with Crippen LogP contribution in [-0.2, 0) is 0 Å². The SMILES string of the molecule is CCC(CC)N1CCN(c2ccc(Nc3ccnc4ccc(-c5ccccc5)cc34)cc2)CC1. The minimum Gasteiger partial charge on any atom is -0.369 e. The van der Waals surface area contributed by atoms with E-state index in [1.807, 2.05) is 6.20 Å². The Morgan fingerprint density at radius 1 is 0.794 bits per heavy atom. The van der Waals surface area contributed by atoms with E-state index in [0.717, 1.165) is 54.5 Å². The average Bonchev–Trinajstić information content (AvgIpc) is 2.91. The molecule has 0 atom stereocenters. The molecule has 1 saturated heterocycles. The van der Waals surface area contributed by atoms with Gasteiger partial charge in [0.05, 0.1) is 5.52 Å². The Kier molecular flexibility index (Phi) is 6.77. The van der Waals surface area contributed by atoms with E-state index in [1.54, 1.807) is 0 Å². The Labute approximate surface area is 203 Å². The van der Waals surface area contributed by atoms with E-state index < -0.39 is 0 Å². The molecule has 0 unspecified atom stereocenters. The molecular formula is C30H34N4. The molecule has 0 bridgehead atoms. The average molecular weight is 451 g/mol. The summed E-state index contributed by atoms with van der Waals surface area (Å²) < 4.78 is 0. The van der Waals surface area contributed by atoms with Crippen LogP contribution in [0.25, 0.3) is 22.0 Å². The fraction of sp³-hybridized carbons (Fsp3) is 0.300. The zero-order chi connectivity index (χ0) is 23.3. The number of fused-ring (bicyclic) bond motifs is 1. The first-order valence-electron chi connectivity index (χ1n) is 12.6. The van der Waals surface area contributed by atoms with Crippen LogP contribution in [0.1, 0.15) is 26.7 Å². The molecule has 0 saturated carbocycles. The maximum Gasteiger partial charge on any atom is 0.0723 e. The maximum atomic E-state index is 4.57. The van der Waals surface area contributed by atoms with E-state index in [1.165, 1.54) is 29.7 Å². The number of hydrogen-bond donors (Lipinski definition) is 1. The van der Waals surface area contributed by atoms with E-state index in [9.17, 15) is 0 Å². The molecule has 34 heavy (non-hydrogen) atoms. The van der Waals surface area contributed by atoms with Crippen molar-refractivity contribution >= 4 is 28.0 Å². The van der Waals surface area contributed by atoms with E-state index in [4.69, 9.17) is 0 Å². The summed E-state index contributed by atoms with van der Waals surface area (Å²) in [5, 5.41) is 4.76. The zero-order valence-electron chi connectivity index (χ0n) is 20.2. The van der Waals surface area contributed by atoms with Crippen LogP contribution in [0.15, 0.2) is 85.1 Å². The lowest BCUT2D eigenvalue weighted by molar-refractivity contribution is 0.175. The number of pyridine rings is 1. The van der Waals surface area contributed by atoms with Gasteiger partial charge in [-0.05, 0) is 66.4 Å². The van der Waals surface area contributed by atoms with Gasteiger partial charge < -0.3 is 10.2 Å². The maximum absolute atomic E-state index is 4.57. The molecule has 4 aromatic rings. The van der Waals surface area contributed by atoms with Gasteiger partial charge in [0, 0.05) is 60.9 Å². The first-order chi connectivity index (χ1) is 16.7. The Balaban J connectivity index is 1.31. The van der Waals surface area contributed by atoms with Crippen molar-refractivity contribution in [3.8, 4) is 11.1 Å². The van der Waals surface area contributed by atoms with Crippen LogP contribution in [0, 0.1) is 0 Å². The monoisotopic (exact) mass is 450 g/mol. The summed E-state index contributed by atoms with van der Waals surface area (Å²) in [5.74, 6) is 0. The van der Waals surface area contributed by atoms with Gasteiger partial charge in [0.2, 0.25) is 0 Å². The van der Waals surface area contributed by atoms with E-state index in [0.29, 0.717) is 0 Å². The van der Waals surface area contributed by atoms with Crippen molar-refractivity contribution in [2.24, 2.45) is 0 Å². The largest absolute Gasteiger partial charge is 0.369 e. The summed E-state index contributed by atoms with van der Waals surface area (Å²) >= 11 is 0. The topological polar surface area (TPSA) is 31.4 Å². The van der Waals surface area contributed by atoms with Crippen molar-refractivity contribution in [3.05, 3.63) is 85.1 Å². The highest BCUT2D eigenvalue weighted by atomic mass is 15.3. The predicted molar refractivity (Wildman–Crippen MR) is 145 cm³/mol. The van der Waals surface area contributed by atoms with Crippen molar-refractivity contribution in [1.29, 1.82) is 0 Å². The van der Waals surface area contributed by atoms with E-state index in [-0.39, 0.29) is 0 Å². The first kappa shape index (κ1) is 22.4. The molecule has 0 amide bonds. The first-order valence-corrected chi connectivity index (χ1v) is 12.6. The van der Waals surface area contributed by atoms with Gasteiger partial charge >= 0.3 is 0 Å². The molecule has 1 fully saturated rings. The molecular weight excluding hydrogens is 416 g/mol. The van der Waals surface area contributed by atoms with Gasteiger partial charge in [0.1, 0.15) is 0 Å². The highest BCUT2D eigenvalue weighted by Crippen LogP contribution is 2.30. The second-order valence-corrected chi connectivity index (χ2v) is 9.12. The Morgan fingerprint density at radius 3 is 2.24 bits per heavy atom. The van der Waals surface area contributed by atoms with Crippen LogP contribution in [0.5, 0.6) is 0 Å². The van der Waals surface area contributed by atoms with Crippen LogP contribution in [0.4, 0.5) is 17.1 Å². The van der Waals surface area contributed by atoms with Gasteiger partial charge in [0.25, 0.3) is 0 Å². The summed E-state index contributed by atoms with van der Waals surface area (Å²) in [4.78, 5) is 9.74. The Morgan fingerprint density at radius 2 is 1.53 bits per heavy atom. The normalized spacial score (nSPS) is 14.6. The van der Waals surface area contributed by atoms with Gasteiger partial charge in [0.15, 0.2) is 0 Å². The van der Waals surface area contributed by atoms with Gasteiger partial charge in [-0.15, -0.1) is 0 Å². The summed E-state index contributed by atoms with van der Waals surface area (Å²) in [5.41, 5.74) is 6.89. The number of anilines is 3. The molecule has 1 aromatic heterocycles. The van der Waals surface area contributed by atoms with Crippen LogP contribution < -0.4 is 10.2 Å². The third-order valence-electron chi connectivity index (χ3n) is 7.13. The van der Waals surface area contributed by atoms with Crippen LogP contribution in [-0.4, -0.2) is 42.1 Å². The molecule has 0 aliphatic carbocycles. The molecule has 0 spiro atoms. The second kappa shape index (κ2) is 10.3. The van der Waals surface area contributed by atoms with Gasteiger partial charge in [-0.25, -0.2) is 0 Å². The Hall–Kier alpha value is -3.37. The highest BCUT2D eigenvalue weighted by molar-refractivity contribution is 5.95. The summed E-state index contributed by atoms with van der Waals surface area (Å²) in [7, 11) is 0. The van der Waals surface area contributed by atoms with Crippen molar-refractivity contribution in [3.63, 3.8) is 0 Å². The number of nitrogens with zero attached hydrogens (tertiary/aromatic N) is 3. The van der Waals surface area contributed by atoms with Crippen molar-refractivity contribution in [1.82, 2.24) is 9.88 Å². The Bertz CT molecular complexity index is 1210. The smallest absolute Gasteiger partial charge is 0.0723 e. The second-order valence-electron chi connectivity index (χ2n) is 9.12. The molecule has 174 valence electrons. The van der Waals surface area contributed by atoms with E-state index in [2.05, 4.69) is 113 Å². The minimum absolute atomic E-state index is 0.728. The molecule has 4 heteroatoms. The number of rotatable bonds is 7. The third kappa shape index (κ3) is 4.78. The summed E-state index contributed by atoms with van der Waals surface area (Å²) in [6.45, 7) is 9.11. The molecule has 0 radical (unpaired) electrons. The molecule has 5 rings (SSSR count). The molecule has 3 aromatic carbocycles. The standard InChI is InChI=1S/C30H34N4/c1-3-26(4-2)33-18-20-34(21-19-33)27-13-11-25(12-14-27)32-30-16-17-31-29-15-10-24(22-28(29)30)23-8-6-5-7-9-23/h5-17,22,26H,3-4,18-21H2,1-2H3,(H,31,32). The number of piperazine rings is 1. The molecule has 2 heterocycles. The molecule has 1 aliphatic rings. The van der Waals surface area contributed by atoms with Crippen LogP contribution >= 0.6 is 0 Å². The van der Waals surface area contributed by atoms with Crippen molar-refractivity contribution < 1.29 is 0 Å². The van der Waals surface area contributed by atoms with Gasteiger partial charge in [-0.3, -0.25) is 9.88 Å². The zero-order valence-corrected chi connectivity index (χ0v) is 20.2. The summed E-state index contributed by atoms with van der Waals surface area (Å²) in [6, 6.07) is 28.6. The van der Waals surface area contributed by atoms with E-state index >= 15 is 0 Å². The van der Waals surface area contributed by atoms with Crippen LogP contribution in [0.3, 0.4) is 0 Å². The lowest BCUT2D eigenvalue weighted by atomic mass is 10.0. The lowest BCUT2D eigenvalue weighted by Gasteiger charge is -2.39. The fourth-order valence-electron chi connectivity index (χ4n) is 5.13.